The monoisotopic (exact) mass is 636 g/mol. The zero-order chi connectivity index (χ0) is 33.3. The molecular formula is C26H36O18. The van der Waals surface area contributed by atoms with Gasteiger partial charge in [-0.2, -0.15) is 0 Å². The van der Waals surface area contributed by atoms with Gasteiger partial charge in [0.15, 0.2) is 49.2 Å². The molecule has 0 aliphatic carbocycles. The molecule has 2 fully saturated rings. The van der Waals surface area contributed by atoms with Gasteiger partial charge < -0.3 is 52.5 Å². The minimum absolute atomic E-state index is 0.534. The van der Waals surface area contributed by atoms with Crippen LogP contribution in [0.25, 0.3) is 0 Å². The van der Waals surface area contributed by atoms with E-state index in [0.29, 0.717) is 0 Å². The second-order valence-electron chi connectivity index (χ2n) is 9.68. The molecule has 2 heterocycles. The van der Waals surface area contributed by atoms with Crippen LogP contribution in [0.1, 0.15) is 48.5 Å². The van der Waals surface area contributed by atoms with Crippen LogP contribution in [0.15, 0.2) is 0 Å². The van der Waals surface area contributed by atoms with E-state index >= 15 is 0 Å². The normalized spacial score (nSPS) is 31.5. The van der Waals surface area contributed by atoms with Crippen molar-refractivity contribution in [2.24, 2.45) is 0 Å². The molecule has 2 saturated heterocycles. The number of esters is 7. The molecule has 0 unspecified atom stereocenters. The first-order valence-electron chi connectivity index (χ1n) is 13.3. The first kappa shape index (κ1) is 36.3. The first-order chi connectivity index (χ1) is 20.5. The predicted octanol–water partition coefficient (Wildman–Crippen LogP) is -1.40. The number of carbonyl (C=O) groups is 7. The highest BCUT2D eigenvalue weighted by molar-refractivity contribution is 5.69. The second kappa shape index (κ2) is 16.3. The standard InChI is InChI=1S/C26H36O18/c1-10(27)35-8-17-19(37-12(3)29)21(39-14(5)31)23(25(34)42-17)44-26-24(41-16(7)33)22(40-15(6)32)20(38-13(4)30)18(43-26)9-36-11(2)28/h17-26,34H,8-9H2,1-7H3/t17-,18-,19+,20+,21+,22+,23-,24-,25-,26+/m1/s1. The molecular weight excluding hydrogens is 600 g/mol. The Labute approximate surface area is 251 Å². The van der Waals surface area contributed by atoms with Gasteiger partial charge >= 0.3 is 41.8 Å². The molecule has 2 aliphatic heterocycles. The third-order valence-corrected chi connectivity index (χ3v) is 5.90. The molecule has 0 bridgehead atoms. The lowest BCUT2D eigenvalue weighted by molar-refractivity contribution is -0.363. The largest absolute Gasteiger partial charge is 0.463 e. The van der Waals surface area contributed by atoms with Gasteiger partial charge in [-0.15, -0.1) is 0 Å². The minimum Gasteiger partial charge on any atom is -0.463 e. The van der Waals surface area contributed by atoms with Crippen LogP contribution in [-0.4, -0.2) is 122 Å². The fourth-order valence-electron chi connectivity index (χ4n) is 4.49. The molecule has 44 heavy (non-hydrogen) atoms. The molecule has 0 amide bonds. The molecule has 10 atom stereocenters. The van der Waals surface area contributed by atoms with Gasteiger partial charge in [-0.1, -0.05) is 0 Å². The number of ether oxygens (including phenoxy) is 10. The summed E-state index contributed by atoms with van der Waals surface area (Å²) in [5, 5.41) is 11.0. The van der Waals surface area contributed by atoms with E-state index < -0.39 is 116 Å². The summed E-state index contributed by atoms with van der Waals surface area (Å²) in [5.74, 6) is -5.97. The summed E-state index contributed by atoms with van der Waals surface area (Å²) in [6.07, 6.45) is -16.3. The summed E-state index contributed by atoms with van der Waals surface area (Å²) >= 11 is 0. The SMILES string of the molecule is CC(=O)OC[C@H]1O[C@@H](O)[C@H](O[C@@H]2O[C@H](COC(C)=O)[C@H](OC(C)=O)[C@H](OC(C)=O)[C@H]2OC(C)=O)[C@@H](OC(C)=O)[C@H]1OC(C)=O. The van der Waals surface area contributed by atoms with Crippen LogP contribution in [0, 0.1) is 0 Å². The van der Waals surface area contributed by atoms with Crippen molar-refractivity contribution in [1.29, 1.82) is 0 Å². The first-order valence-corrected chi connectivity index (χ1v) is 13.3. The van der Waals surface area contributed by atoms with Crippen molar-refractivity contribution in [2.45, 2.75) is 110 Å². The minimum atomic E-state index is -1.99. The molecule has 18 nitrogen and oxygen atoms in total. The lowest BCUT2D eigenvalue weighted by Gasteiger charge is -2.47. The van der Waals surface area contributed by atoms with Gasteiger partial charge in [0.2, 0.25) is 0 Å². The van der Waals surface area contributed by atoms with E-state index in [0.717, 1.165) is 48.5 Å². The molecule has 18 heteroatoms. The predicted molar refractivity (Wildman–Crippen MR) is 135 cm³/mol. The maximum Gasteiger partial charge on any atom is 0.303 e. The van der Waals surface area contributed by atoms with E-state index in [2.05, 4.69) is 0 Å². The Bertz CT molecular complexity index is 1090. The molecule has 0 aromatic rings. The summed E-state index contributed by atoms with van der Waals surface area (Å²) in [7, 11) is 0. The third kappa shape index (κ3) is 10.7. The van der Waals surface area contributed by atoms with Crippen LogP contribution < -0.4 is 0 Å². The molecule has 0 aromatic heterocycles. The molecule has 0 aromatic carbocycles. The van der Waals surface area contributed by atoms with E-state index in [9.17, 15) is 38.7 Å². The Morgan fingerprint density at radius 2 is 0.818 bits per heavy atom. The average molecular weight is 637 g/mol. The second-order valence-corrected chi connectivity index (χ2v) is 9.68. The number of aliphatic hydroxyl groups excluding tert-OH is 1. The lowest BCUT2D eigenvalue weighted by atomic mass is 9.96. The van der Waals surface area contributed by atoms with E-state index in [4.69, 9.17) is 47.4 Å². The number of rotatable bonds is 11. The summed E-state index contributed by atoms with van der Waals surface area (Å²) in [6.45, 7) is 6.19. The zero-order valence-electron chi connectivity index (χ0n) is 25.1. The van der Waals surface area contributed by atoms with Crippen molar-refractivity contribution >= 4 is 41.8 Å². The van der Waals surface area contributed by atoms with Crippen LogP contribution in [0.5, 0.6) is 0 Å². The molecule has 0 radical (unpaired) electrons. The Hall–Kier alpha value is -3.87. The maximum atomic E-state index is 12.1. The topological polar surface area (TPSA) is 232 Å². The van der Waals surface area contributed by atoms with Crippen molar-refractivity contribution in [3.63, 3.8) is 0 Å². The number of hydrogen-bond acceptors (Lipinski definition) is 18. The van der Waals surface area contributed by atoms with E-state index in [1.165, 1.54) is 0 Å². The molecule has 2 aliphatic rings. The van der Waals surface area contributed by atoms with Crippen LogP contribution in [-0.2, 0) is 80.9 Å². The maximum absolute atomic E-state index is 12.1. The van der Waals surface area contributed by atoms with Gasteiger partial charge in [0.05, 0.1) is 0 Å². The Balaban J connectivity index is 2.59. The van der Waals surface area contributed by atoms with Gasteiger partial charge in [0.1, 0.15) is 25.4 Å². The average Bonchev–Trinajstić information content (AvgIpc) is 2.87. The molecule has 0 saturated carbocycles. The van der Waals surface area contributed by atoms with E-state index in [1.807, 2.05) is 0 Å². The van der Waals surface area contributed by atoms with Crippen molar-refractivity contribution in [2.75, 3.05) is 13.2 Å². The zero-order valence-corrected chi connectivity index (χ0v) is 25.1. The fraction of sp³-hybridized carbons (Fsp3) is 0.731. The molecule has 2 rings (SSSR count). The fourth-order valence-corrected chi connectivity index (χ4v) is 4.49. The number of aliphatic hydroxyl groups is 1. The highest BCUT2D eigenvalue weighted by Gasteiger charge is 2.57. The molecule has 248 valence electrons. The summed E-state index contributed by atoms with van der Waals surface area (Å²) in [5.41, 5.74) is 0. The Kier molecular flexibility index (Phi) is 13.4. The van der Waals surface area contributed by atoms with Crippen LogP contribution in [0.3, 0.4) is 0 Å². The van der Waals surface area contributed by atoms with Crippen LogP contribution in [0.2, 0.25) is 0 Å². The molecule has 0 spiro atoms. The summed E-state index contributed by atoms with van der Waals surface area (Å²) < 4.78 is 53.9. The Morgan fingerprint density at radius 1 is 0.477 bits per heavy atom. The van der Waals surface area contributed by atoms with Crippen LogP contribution >= 0.6 is 0 Å². The lowest BCUT2D eigenvalue weighted by Crippen LogP contribution is -2.67. The highest BCUT2D eigenvalue weighted by Crippen LogP contribution is 2.34. The van der Waals surface area contributed by atoms with E-state index in [1.54, 1.807) is 0 Å². The van der Waals surface area contributed by atoms with Gasteiger partial charge in [-0.3, -0.25) is 33.6 Å². The van der Waals surface area contributed by atoms with Crippen molar-refractivity contribution in [3.05, 3.63) is 0 Å². The van der Waals surface area contributed by atoms with Gasteiger partial charge in [-0.05, 0) is 0 Å². The summed E-state index contributed by atoms with van der Waals surface area (Å²) in [6, 6.07) is 0. The molecule has 1 N–H and O–H groups in total. The van der Waals surface area contributed by atoms with Crippen molar-refractivity contribution in [3.8, 4) is 0 Å². The van der Waals surface area contributed by atoms with Crippen molar-refractivity contribution in [1.82, 2.24) is 0 Å². The third-order valence-electron chi connectivity index (χ3n) is 5.90. The quantitative estimate of drug-likeness (QED) is 0.203. The van der Waals surface area contributed by atoms with Crippen LogP contribution in [0.4, 0.5) is 0 Å². The highest BCUT2D eigenvalue weighted by atomic mass is 16.8. The van der Waals surface area contributed by atoms with Gasteiger partial charge in [-0.25, -0.2) is 0 Å². The van der Waals surface area contributed by atoms with E-state index in [-0.39, 0.29) is 0 Å². The van der Waals surface area contributed by atoms with Crippen molar-refractivity contribution < 1.29 is 86.0 Å². The smallest absolute Gasteiger partial charge is 0.303 e. The summed E-state index contributed by atoms with van der Waals surface area (Å²) in [4.78, 5) is 83.3. The van der Waals surface area contributed by atoms with Gasteiger partial charge in [0.25, 0.3) is 0 Å². The Morgan fingerprint density at radius 3 is 1.20 bits per heavy atom. The number of carbonyl (C=O) groups excluding carboxylic acids is 7. The van der Waals surface area contributed by atoms with Gasteiger partial charge in [0, 0.05) is 48.5 Å². The number of hydrogen-bond donors (Lipinski definition) is 1.